The van der Waals surface area contributed by atoms with Gasteiger partial charge in [-0.15, -0.1) is 0 Å². The van der Waals surface area contributed by atoms with Crippen LogP contribution in [0.15, 0.2) is 35.5 Å². The second-order valence-electron chi connectivity index (χ2n) is 4.02. The van der Waals surface area contributed by atoms with Gasteiger partial charge in [0.1, 0.15) is 0 Å². The van der Waals surface area contributed by atoms with E-state index in [1.165, 1.54) is 5.57 Å². The third kappa shape index (κ3) is 9.20. The number of rotatable bonds is 6. The van der Waals surface area contributed by atoms with Crippen molar-refractivity contribution in [1.82, 2.24) is 0 Å². The second kappa shape index (κ2) is 8.22. The zero-order chi connectivity index (χ0) is 11.7. The maximum atomic E-state index is 11.3. The average molecular weight is 206 g/mol. The lowest BCUT2D eigenvalue weighted by molar-refractivity contribution is -0.110. The molecule has 0 spiro atoms. The van der Waals surface area contributed by atoms with E-state index in [0.717, 1.165) is 24.8 Å². The van der Waals surface area contributed by atoms with E-state index < -0.39 is 0 Å². The SMILES string of the molecule is CCC=CC(=O)C=C(C)CCC=C(C)C. The normalized spacial score (nSPS) is 11.9. The molecule has 0 atom stereocenters. The van der Waals surface area contributed by atoms with Gasteiger partial charge in [-0.1, -0.05) is 30.2 Å². The van der Waals surface area contributed by atoms with Crippen molar-refractivity contribution in [2.24, 2.45) is 0 Å². The van der Waals surface area contributed by atoms with E-state index in [2.05, 4.69) is 19.9 Å². The molecule has 0 aliphatic heterocycles. The first kappa shape index (κ1) is 13.9. The molecule has 0 bridgehead atoms. The molecule has 0 unspecified atom stereocenters. The third-order valence-corrected chi connectivity index (χ3v) is 2.00. The van der Waals surface area contributed by atoms with Gasteiger partial charge >= 0.3 is 0 Å². The van der Waals surface area contributed by atoms with E-state index in [4.69, 9.17) is 0 Å². The fourth-order valence-corrected chi connectivity index (χ4v) is 1.19. The van der Waals surface area contributed by atoms with E-state index in [0.29, 0.717) is 0 Å². The standard InChI is InChI=1S/C14H22O/c1-5-6-10-14(15)11-13(4)9-7-8-12(2)3/h6,8,10-11H,5,7,9H2,1-4H3. The van der Waals surface area contributed by atoms with Gasteiger partial charge in [0, 0.05) is 0 Å². The zero-order valence-corrected chi connectivity index (χ0v) is 10.3. The highest BCUT2D eigenvalue weighted by Gasteiger charge is 1.93. The molecule has 1 heteroatoms. The van der Waals surface area contributed by atoms with Gasteiger partial charge in [0.2, 0.25) is 0 Å². The Morgan fingerprint density at radius 1 is 1.20 bits per heavy atom. The van der Waals surface area contributed by atoms with Crippen LogP contribution in [0.4, 0.5) is 0 Å². The van der Waals surface area contributed by atoms with Crippen LogP contribution in [0.3, 0.4) is 0 Å². The van der Waals surface area contributed by atoms with Crippen LogP contribution < -0.4 is 0 Å². The number of ketones is 1. The minimum Gasteiger partial charge on any atom is -0.290 e. The Hall–Kier alpha value is -1.11. The Bertz CT molecular complexity index is 276. The topological polar surface area (TPSA) is 17.1 Å². The molecule has 0 heterocycles. The summed E-state index contributed by atoms with van der Waals surface area (Å²) >= 11 is 0. The Kier molecular flexibility index (Phi) is 7.61. The van der Waals surface area contributed by atoms with Gasteiger partial charge in [0.25, 0.3) is 0 Å². The van der Waals surface area contributed by atoms with Gasteiger partial charge in [-0.25, -0.2) is 0 Å². The highest BCUT2D eigenvalue weighted by Crippen LogP contribution is 2.06. The van der Waals surface area contributed by atoms with Crippen molar-refractivity contribution in [3.8, 4) is 0 Å². The van der Waals surface area contributed by atoms with Crippen LogP contribution in [-0.4, -0.2) is 5.78 Å². The summed E-state index contributed by atoms with van der Waals surface area (Å²) in [6.07, 6.45) is 10.4. The molecule has 15 heavy (non-hydrogen) atoms. The summed E-state index contributed by atoms with van der Waals surface area (Å²) in [4.78, 5) is 11.3. The fraction of sp³-hybridized carbons (Fsp3) is 0.500. The molecule has 0 saturated heterocycles. The van der Waals surface area contributed by atoms with Gasteiger partial charge in [-0.3, -0.25) is 4.79 Å². The van der Waals surface area contributed by atoms with Crippen LogP contribution in [0.5, 0.6) is 0 Å². The molecule has 0 aromatic rings. The van der Waals surface area contributed by atoms with Gasteiger partial charge in [0.05, 0.1) is 0 Å². The smallest absolute Gasteiger partial charge is 0.178 e. The Morgan fingerprint density at radius 2 is 1.87 bits per heavy atom. The molecule has 0 aromatic carbocycles. The summed E-state index contributed by atoms with van der Waals surface area (Å²) in [5.41, 5.74) is 2.48. The Labute approximate surface area is 93.6 Å². The van der Waals surface area contributed by atoms with E-state index in [-0.39, 0.29) is 5.78 Å². The average Bonchev–Trinajstić information content (AvgIpc) is 2.14. The predicted octanol–water partition coefficient (Wildman–Crippen LogP) is 4.21. The van der Waals surface area contributed by atoms with Crippen LogP contribution in [0.1, 0.15) is 47.0 Å². The molecule has 0 radical (unpaired) electrons. The third-order valence-electron chi connectivity index (χ3n) is 2.00. The number of carbonyl (C=O) groups excluding carboxylic acids is 1. The molecular weight excluding hydrogens is 184 g/mol. The number of allylic oxidation sites excluding steroid dienone is 6. The fourth-order valence-electron chi connectivity index (χ4n) is 1.19. The first-order valence-electron chi connectivity index (χ1n) is 5.57. The minimum atomic E-state index is 0.103. The molecule has 84 valence electrons. The number of carbonyl (C=O) groups is 1. The molecular formula is C14H22O. The molecule has 0 aromatic heterocycles. The summed E-state index contributed by atoms with van der Waals surface area (Å²) in [5.74, 6) is 0.103. The maximum Gasteiger partial charge on any atom is 0.178 e. The van der Waals surface area contributed by atoms with E-state index in [9.17, 15) is 4.79 Å². The van der Waals surface area contributed by atoms with Crippen LogP contribution in [0.25, 0.3) is 0 Å². The van der Waals surface area contributed by atoms with Crippen LogP contribution >= 0.6 is 0 Å². The second-order valence-corrected chi connectivity index (χ2v) is 4.02. The van der Waals surface area contributed by atoms with Crippen LogP contribution in [0, 0.1) is 0 Å². The molecule has 0 aliphatic rings. The lowest BCUT2D eigenvalue weighted by Gasteiger charge is -1.97. The lowest BCUT2D eigenvalue weighted by Crippen LogP contribution is -1.88. The quantitative estimate of drug-likeness (QED) is 0.470. The largest absolute Gasteiger partial charge is 0.290 e. The molecule has 0 saturated carbocycles. The van der Waals surface area contributed by atoms with Crippen molar-refractivity contribution < 1.29 is 4.79 Å². The Balaban J connectivity index is 4.03. The van der Waals surface area contributed by atoms with Crippen molar-refractivity contribution in [3.63, 3.8) is 0 Å². The van der Waals surface area contributed by atoms with Gasteiger partial charge < -0.3 is 0 Å². The monoisotopic (exact) mass is 206 g/mol. The van der Waals surface area contributed by atoms with E-state index >= 15 is 0 Å². The van der Waals surface area contributed by atoms with E-state index in [1.807, 2.05) is 19.9 Å². The van der Waals surface area contributed by atoms with Crippen LogP contribution in [-0.2, 0) is 4.79 Å². The van der Waals surface area contributed by atoms with Gasteiger partial charge in [-0.05, 0) is 52.2 Å². The molecule has 0 amide bonds. The van der Waals surface area contributed by atoms with E-state index in [1.54, 1.807) is 12.2 Å². The Morgan fingerprint density at radius 3 is 2.40 bits per heavy atom. The molecule has 0 aliphatic carbocycles. The predicted molar refractivity (Wildman–Crippen MR) is 66.9 cm³/mol. The van der Waals surface area contributed by atoms with Crippen molar-refractivity contribution in [2.45, 2.75) is 47.0 Å². The van der Waals surface area contributed by atoms with Crippen molar-refractivity contribution in [2.75, 3.05) is 0 Å². The van der Waals surface area contributed by atoms with Crippen molar-refractivity contribution >= 4 is 5.78 Å². The molecule has 0 rings (SSSR count). The first-order chi connectivity index (χ1) is 7.06. The number of hydrogen-bond donors (Lipinski definition) is 0. The summed E-state index contributed by atoms with van der Waals surface area (Å²) in [5, 5.41) is 0. The summed E-state index contributed by atoms with van der Waals surface area (Å²) < 4.78 is 0. The van der Waals surface area contributed by atoms with Gasteiger partial charge in [-0.2, -0.15) is 0 Å². The highest BCUT2D eigenvalue weighted by molar-refractivity contribution is 5.99. The van der Waals surface area contributed by atoms with Crippen molar-refractivity contribution in [1.29, 1.82) is 0 Å². The van der Waals surface area contributed by atoms with Gasteiger partial charge in [0.15, 0.2) is 5.78 Å². The number of hydrogen-bond acceptors (Lipinski definition) is 1. The summed E-state index contributed by atoms with van der Waals surface area (Å²) in [6.45, 7) is 8.22. The summed E-state index contributed by atoms with van der Waals surface area (Å²) in [7, 11) is 0. The minimum absolute atomic E-state index is 0.103. The summed E-state index contributed by atoms with van der Waals surface area (Å²) in [6, 6.07) is 0. The molecule has 1 nitrogen and oxygen atoms in total. The zero-order valence-electron chi connectivity index (χ0n) is 10.3. The maximum absolute atomic E-state index is 11.3. The molecule has 0 fully saturated rings. The van der Waals surface area contributed by atoms with Crippen molar-refractivity contribution in [3.05, 3.63) is 35.5 Å². The lowest BCUT2D eigenvalue weighted by atomic mass is 10.1. The highest BCUT2D eigenvalue weighted by atomic mass is 16.1. The molecule has 0 N–H and O–H groups in total. The first-order valence-corrected chi connectivity index (χ1v) is 5.57. The van der Waals surface area contributed by atoms with Crippen LogP contribution in [0.2, 0.25) is 0 Å².